The van der Waals surface area contributed by atoms with E-state index in [1.54, 1.807) is 6.07 Å². The van der Waals surface area contributed by atoms with Crippen molar-refractivity contribution >= 4 is 17.4 Å². The third kappa shape index (κ3) is 2.42. The maximum atomic E-state index is 13.7. The fraction of sp³-hybridized carbons (Fsp3) is 0. The third-order valence-corrected chi connectivity index (χ3v) is 2.90. The molecule has 0 saturated carbocycles. The monoisotopic (exact) mass is 274 g/mol. The summed E-state index contributed by atoms with van der Waals surface area (Å²) >= 11 is 5.93. The van der Waals surface area contributed by atoms with Gasteiger partial charge in [-0.2, -0.15) is 5.26 Å². The van der Waals surface area contributed by atoms with Crippen molar-refractivity contribution in [1.82, 2.24) is 4.98 Å². The number of aromatic nitrogens is 1. The van der Waals surface area contributed by atoms with Gasteiger partial charge in [-0.3, -0.25) is 4.98 Å². The van der Waals surface area contributed by atoms with Gasteiger partial charge in [-0.05, 0) is 17.7 Å². The van der Waals surface area contributed by atoms with Gasteiger partial charge < -0.3 is 5.11 Å². The van der Waals surface area contributed by atoms with Gasteiger partial charge in [0.1, 0.15) is 11.8 Å². The third-order valence-electron chi connectivity index (χ3n) is 2.59. The molecule has 0 aliphatic heterocycles. The average molecular weight is 275 g/mol. The molecule has 0 amide bonds. The van der Waals surface area contributed by atoms with E-state index in [4.69, 9.17) is 16.9 Å². The van der Waals surface area contributed by atoms with E-state index in [9.17, 15) is 9.50 Å². The smallest absolute Gasteiger partial charge is 0.153 e. The molecule has 3 nitrogen and oxygen atoms in total. The van der Waals surface area contributed by atoms with E-state index in [0.29, 0.717) is 16.7 Å². The zero-order chi connectivity index (χ0) is 14.0. The van der Waals surface area contributed by atoms with Crippen LogP contribution in [0.5, 0.6) is 0 Å². The summed E-state index contributed by atoms with van der Waals surface area (Å²) < 4.78 is 13.7. The van der Waals surface area contributed by atoms with Gasteiger partial charge >= 0.3 is 0 Å². The number of nitriles is 1. The lowest BCUT2D eigenvalue weighted by molar-refractivity contribution is 0.504. The minimum atomic E-state index is -0.675. The zero-order valence-electron chi connectivity index (χ0n) is 9.69. The number of benzene rings is 1. The van der Waals surface area contributed by atoms with E-state index in [1.165, 1.54) is 18.3 Å². The summed E-state index contributed by atoms with van der Waals surface area (Å²) in [5.74, 6) is -1.07. The largest absolute Gasteiger partial charge is 0.508 e. The topological polar surface area (TPSA) is 56.9 Å². The SMILES string of the molecule is C=C(O)c1c(F)cncc1-c1ccc(C#N)c(Cl)c1. The van der Waals surface area contributed by atoms with Crippen molar-refractivity contribution in [1.29, 1.82) is 5.26 Å². The van der Waals surface area contributed by atoms with Gasteiger partial charge in [0.25, 0.3) is 0 Å². The Balaban J connectivity index is 2.66. The molecule has 19 heavy (non-hydrogen) atoms. The number of hydrogen-bond acceptors (Lipinski definition) is 3. The Hall–Kier alpha value is -2.38. The molecule has 1 N–H and O–H groups in total. The van der Waals surface area contributed by atoms with Gasteiger partial charge in [0.05, 0.1) is 22.3 Å². The second-order valence-electron chi connectivity index (χ2n) is 3.80. The van der Waals surface area contributed by atoms with Gasteiger partial charge in [0.15, 0.2) is 5.82 Å². The molecule has 94 valence electrons. The van der Waals surface area contributed by atoms with Crippen LogP contribution >= 0.6 is 11.6 Å². The quantitative estimate of drug-likeness (QED) is 0.844. The van der Waals surface area contributed by atoms with Crippen LogP contribution in [0.15, 0.2) is 37.2 Å². The van der Waals surface area contributed by atoms with Crippen LogP contribution in [0.4, 0.5) is 4.39 Å². The molecule has 1 aromatic carbocycles. The number of nitrogens with zero attached hydrogens (tertiary/aromatic N) is 2. The van der Waals surface area contributed by atoms with Crippen LogP contribution in [0, 0.1) is 17.1 Å². The lowest BCUT2D eigenvalue weighted by atomic mass is 10.00. The first kappa shape index (κ1) is 13.1. The van der Waals surface area contributed by atoms with E-state index in [-0.39, 0.29) is 10.6 Å². The van der Waals surface area contributed by atoms with Crippen LogP contribution < -0.4 is 0 Å². The fourth-order valence-electron chi connectivity index (χ4n) is 1.72. The normalized spacial score (nSPS) is 9.95. The van der Waals surface area contributed by atoms with Crippen molar-refractivity contribution in [2.45, 2.75) is 0 Å². The van der Waals surface area contributed by atoms with Crippen molar-refractivity contribution in [2.24, 2.45) is 0 Å². The summed E-state index contributed by atoms with van der Waals surface area (Å²) in [6, 6.07) is 6.58. The lowest BCUT2D eigenvalue weighted by Gasteiger charge is -2.09. The molecule has 0 radical (unpaired) electrons. The summed E-state index contributed by atoms with van der Waals surface area (Å²) in [6.45, 7) is 3.33. The van der Waals surface area contributed by atoms with Gasteiger partial charge in [-0.1, -0.05) is 24.2 Å². The first-order valence-corrected chi connectivity index (χ1v) is 5.64. The highest BCUT2D eigenvalue weighted by Crippen LogP contribution is 2.31. The van der Waals surface area contributed by atoms with Gasteiger partial charge in [-0.15, -0.1) is 0 Å². The van der Waals surface area contributed by atoms with Crippen molar-refractivity contribution in [2.75, 3.05) is 0 Å². The minimum absolute atomic E-state index is 0.0317. The van der Waals surface area contributed by atoms with Gasteiger partial charge in [-0.25, -0.2) is 4.39 Å². The molecule has 0 fully saturated rings. The van der Waals surface area contributed by atoms with E-state index in [2.05, 4.69) is 11.6 Å². The standard InChI is InChI=1S/C14H8ClFN2O/c1-8(19)14-11(6-18-7-13(14)16)9-2-3-10(5-17)12(15)4-9/h2-4,6-7,19H,1H2. The first-order valence-electron chi connectivity index (χ1n) is 5.26. The molecule has 0 bridgehead atoms. The summed E-state index contributed by atoms with van der Waals surface area (Å²) in [4.78, 5) is 3.74. The number of hydrogen-bond donors (Lipinski definition) is 1. The van der Waals surface area contributed by atoms with Gasteiger partial charge in [0.2, 0.25) is 0 Å². The van der Waals surface area contributed by atoms with Crippen molar-refractivity contribution in [3.05, 3.63) is 59.1 Å². The predicted octanol–water partition coefficient (Wildman–Crippen LogP) is 3.94. The summed E-state index contributed by atoms with van der Waals surface area (Å²) in [5, 5.41) is 18.5. The highest BCUT2D eigenvalue weighted by Gasteiger charge is 2.14. The van der Waals surface area contributed by atoms with Gasteiger partial charge in [0, 0.05) is 11.8 Å². The molecule has 0 spiro atoms. The molecule has 0 unspecified atom stereocenters. The first-order chi connectivity index (χ1) is 9.04. The molecule has 0 saturated heterocycles. The molecule has 1 heterocycles. The Morgan fingerprint density at radius 3 is 2.74 bits per heavy atom. The molecule has 2 rings (SSSR count). The number of rotatable bonds is 2. The average Bonchev–Trinajstić information content (AvgIpc) is 2.37. The zero-order valence-corrected chi connectivity index (χ0v) is 10.4. The number of aliphatic hydroxyl groups excluding tert-OH is 1. The molecular weight excluding hydrogens is 267 g/mol. The molecule has 0 aliphatic carbocycles. The molecule has 2 aromatic rings. The Morgan fingerprint density at radius 2 is 2.16 bits per heavy atom. The minimum Gasteiger partial charge on any atom is -0.508 e. The fourth-order valence-corrected chi connectivity index (χ4v) is 1.94. The lowest BCUT2D eigenvalue weighted by Crippen LogP contribution is -1.95. The number of aliphatic hydroxyl groups is 1. The highest BCUT2D eigenvalue weighted by molar-refractivity contribution is 6.32. The Bertz CT molecular complexity index is 707. The van der Waals surface area contributed by atoms with Crippen LogP contribution in [-0.4, -0.2) is 10.1 Å². The molecule has 1 aromatic heterocycles. The molecular formula is C14H8ClFN2O. The maximum absolute atomic E-state index is 13.7. The van der Waals surface area contributed by atoms with Crippen LogP contribution in [0.1, 0.15) is 11.1 Å². The Labute approximate surface area is 114 Å². The van der Waals surface area contributed by atoms with Crippen molar-refractivity contribution in [3.63, 3.8) is 0 Å². The Morgan fingerprint density at radius 1 is 1.42 bits per heavy atom. The molecule has 5 heteroatoms. The molecule has 0 aliphatic rings. The second-order valence-corrected chi connectivity index (χ2v) is 4.20. The van der Waals surface area contributed by atoms with Crippen LogP contribution in [0.3, 0.4) is 0 Å². The number of pyridine rings is 1. The van der Waals surface area contributed by atoms with E-state index in [0.717, 1.165) is 6.20 Å². The maximum Gasteiger partial charge on any atom is 0.153 e. The van der Waals surface area contributed by atoms with Crippen LogP contribution in [0.25, 0.3) is 16.9 Å². The molecule has 0 atom stereocenters. The predicted molar refractivity (Wildman–Crippen MR) is 71.0 cm³/mol. The Kier molecular flexibility index (Phi) is 3.50. The van der Waals surface area contributed by atoms with Crippen molar-refractivity contribution < 1.29 is 9.50 Å². The van der Waals surface area contributed by atoms with E-state index >= 15 is 0 Å². The van der Waals surface area contributed by atoms with E-state index in [1.807, 2.05) is 6.07 Å². The summed E-state index contributed by atoms with van der Waals surface area (Å²) in [6.07, 6.45) is 2.39. The number of halogens is 2. The van der Waals surface area contributed by atoms with Crippen LogP contribution in [-0.2, 0) is 0 Å². The van der Waals surface area contributed by atoms with Crippen LogP contribution in [0.2, 0.25) is 5.02 Å². The summed E-state index contributed by atoms with van der Waals surface area (Å²) in [5.41, 5.74) is 1.19. The summed E-state index contributed by atoms with van der Waals surface area (Å²) in [7, 11) is 0. The highest BCUT2D eigenvalue weighted by atomic mass is 35.5. The van der Waals surface area contributed by atoms with E-state index < -0.39 is 11.6 Å². The second kappa shape index (κ2) is 5.09. The van der Waals surface area contributed by atoms with Crippen molar-refractivity contribution in [3.8, 4) is 17.2 Å².